The molecular weight excluding hydrogens is 380 g/mol. The topological polar surface area (TPSA) is 131 Å². The van der Waals surface area contributed by atoms with Gasteiger partial charge in [-0.15, -0.1) is 0 Å². The van der Waals surface area contributed by atoms with Crippen LogP contribution in [0.4, 0.5) is 15.3 Å². The number of benzene rings is 1. The number of para-hydroxylation sites is 1. The van der Waals surface area contributed by atoms with Gasteiger partial charge in [-0.1, -0.05) is 12.1 Å². The summed E-state index contributed by atoms with van der Waals surface area (Å²) in [5, 5.41) is 14.0. The number of nitrogens with one attached hydrogen (secondary N) is 2. The minimum absolute atomic E-state index is 0.0931. The number of ether oxygens (including phenoxy) is 2. The predicted molar refractivity (Wildman–Crippen MR) is 106 cm³/mol. The van der Waals surface area contributed by atoms with Crippen molar-refractivity contribution < 1.29 is 33.8 Å². The van der Waals surface area contributed by atoms with Crippen molar-refractivity contribution in [2.45, 2.75) is 65.2 Å². The highest BCUT2D eigenvalue weighted by molar-refractivity contribution is 6.05. The van der Waals surface area contributed by atoms with Gasteiger partial charge in [-0.2, -0.15) is 0 Å². The van der Waals surface area contributed by atoms with Crippen LogP contribution in [0.5, 0.6) is 0 Å². The molecule has 9 heteroatoms. The van der Waals surface area contributed by atoms with Crippen molar-refractivity contribution in [3.63, 3.8) is 0 Å². The number of amides is 2. The van der Waals surface area contributed by atoms with Crippen molar-refractivity contribution in [3.8, 4) is 0 Å². The molecule has 1 unspecified atom stereocenters. The number of Topliss-reactive ketones (excluding diaryl/α,β-unsaturated/α-hetero) is 1. The van der Waals surface area contributed by atoms with Gasteiger partial charge in [0, 0.05) is 12.0 Å². The molecule has 2 amide bonds. The predicted octanol–water partition coefficient (Wildman–Crippen LogP) is 3.58. The molecule has 0 aromatic heterocycles. The van der Waals surface area contributed by atoms with Gasteiger partial charge in [-0.05, 0) is 53.7 Å². The number of alkyl carbamates (subject to hydrolysis) is 1. The molecule has 1 aromatic rings. The van der Waals surface area contributed by atoms with E-state index in [0.717, 1.165) is 0 Å². The van der Waals surface area contributed by atoms with E-state index in [4.69, 9.17) is 9.47 Å². The Hall–Kier alpha value is -3.10. The fourth-order valence-electron chi connectivity index (χ4n) is 2.19. The lowest BCUT2D eigenvalue weighted by molar-refractivity contribution is -0.139. The van der Waals surface area contributed by atoms with Gasteiger partial charge in [-0.3, -0.25) is 10.1 Å². The molecule has 0 heterocycles. The van der Waals surface area contributed by atoms with Crippen molar-refractivity contribution in [2.24, 2.45) is 0 Å². The van der Waals surface area contributed by atoms with Crippen LogP contribution in [-0.2, 0) is 14.3 Å². The van der Waals surface area contributed by atoms with E-state index in [1.165, 1.54) is 12.1 Å². The summed E-state index contributed by atoms with van der Waals surface area (Å²) in [6, 6.07) is 4.63. The Morgan fingerprint density at radius 2 is 1.45 bits per heavy atom. The summed E-state index contributed by atoms with van der Waals surface area (Å²) in [5.41, 5.74) is -1.28. The van der Waals surface area contributed by atoms with Crippen LogP contribution in [0.1, 0.15) is 58.3 Å². The second-order valence-electron chi connectivity index (χ2n) is 8.34. The highest BCUT2D eigenvalue weighted by Gasteiger charge is 2.28. The van der Waals surface area contributed by atoms with Crippen LogP contribution in [0.3, 0.4) is 0 Å². The Morgan fingerprint density at radius 1 is 0.931 bits per heavy atom. The number of ketones is 1. The van der Waals surface area contributed by atoms with Crippen LogP contribution in [-0.4, -0.2) is 46.3 Å². The quantitative estimate of drug-likeness (QED) is 0.613. The lowest BCUT2D eigenvalue weighted by Gasteiger charge is -2.22. The maximum absolute atomic E-state index is 12.7. The van der Waals surface area contributed by atoms with Gasteiger partial charge in [0.05, 0.1) is 5.69 Å². The molecule has 3 N–H and O–H groups in total. The van der Waals surface area contributed by atoms with E-state index in [1.807, 2.05) is 0 Å². The minimum Gasteiger partial charge on any atom is -0.480 e. The first-order valence-electron chi connectivity index (χ1n) is 9.02. The molecule has 0 aliphatic carbocycles. The Kier molecular flexibility index (Phi) is 7.76. The summed E-state index contributed by atoms with van der Waals surface area (Å²) in [6.45, 7) is 9.99. The van der Waals surface area contributed by atoms with Gasteiger partial charge in [0.2, 0.25) is 0 Å². The Balaban J connectivity index is 2.92. The third kappa shape index (κ3) is 9.09. The zero-order chi connectivity index (χ0) is 22.4. The first kappa shape index (κ1) is 23.9. The van der Waals surface area contributed by atoms with Gasteiger partial charge in [0.1, 0.15) is 17.2 Å². The second-order valence-corrected chi connectivity index (χ2v) is 8.34. The molecule has 0 bridgehead atoms. The van der Waals surface area contributed by atoms with Gasteiger partial charge in [-0.25, -0.2) is 14.4 Å². The fourth-order valence-corrected chi connectivity index (χ4v) is 2.19. The van der Waals surface area contributed by atoms with Crippen molar-refractivity contribution >= 4 is 29.6 Å². The van der Waals surface area contributed by atoms with Crippen LogP contribution in [0.2, 0.25) is 0 Å². The van der Waals surface area contributed by atoms with Gasteiger partial charge < -0.3 is 19.9 Å². The molecule has 0 spiro atoms. The van der Waals surface area contributed by atoms with Crippen LogP contribution in [0.25, 0.3) is 0 Å². The number of carbonyl (C=O) groups is 4. The van der Waals surface area contributed by atoms with E-state index in [1.54, 1.807) is 53.7 Å². The maximum Gasteiger partial charge on any atom is 0.412 e. The maximum atomic E-state index is 12.7. The molecule has 160 valence electrons. The molecule has 0 aliphatic heterocycles. The number of rotatable bonds is 6. The number of hydrogen-bond donors (Lipinski definition) is 3. The second kappa shape index (κ2) is 9.40. The summed E-state index contributed by atoms with van der Waals surface area (Å²) in [4.78, 5) is 48.0. The number of carbonyl (C=O) groups excluding carboxylic acids is 3. The number of carboxylic acids is 1. The van der Waals surface area contributed by atoms with Crippen LogP contribution >= 0.6 is 0 Å². The fraction of sp³-hybridized carbons (Fsp3) is 0.500. The highest BCUT2D eigenvalue weighted by atomic mass is 16.6. The smallest absolute Gasteiger partial charge is 0.412 e. The summed E-state index contributed by atoms with van der Waals surface area (Å²) in [5.74, 6) is -1.97. The Bertz CT molecular complexity index is 776. The zero-order valence-electron chi connectivity index (χ0n) is 17.5. The molecule has 1 rings (SSSR count). The summed E-state index contributed by atoms with van der Waals surface area (Å²) in [7, 11) is 0. The normalized spacial score (nSPS) is 12.5. The number of carboxylic acid groups (broad SMARTS) is 1. The Morgan fingerprint density at radius 3 is 1.97 bits per heavy atom. The number of hydrogen-bond acceptors (Lipinski definition) is 6. The van der Waals surface area contributed by atoms with Gasteiger partial charge in [0.25, 0.3) is 0 Å². The van der Waals surface area contributed by atoms with E-state index in [2.05, 4.69) is 10.6 Å². The first-order chi connectivity index (χ1) is 13.2. The largest absolute Gasteiger partial charge is 0.480 e. The highest BCUT2D eigenvalue weighted by Crippen LogP contribution is 2.19. The van der Waals surface area contributed by atoms with Crippen LogP contribution < -0.4 is 10.6 Å². The SMILES string of the molecule is CC(C)(C)OC(=O)Nc1ccccc1C(=O)CC(NC(=O)OC(C)(C)C)C(=O)O. The van der Waals surface area contributed by atoms with Crippen molar-refractivity contribution in [1.82, 2.24) is 5.32 Å². The van der Waals surface area contributed by atoms with Gasteiger partial charge >= 0.3 is 18.2 Å². The Labute approximate surface area is 169 Å². The summed E-state index contributed by atoms with van der Waals surface area (Å²) < 4.78 is 10.2. The molecule has 1 atom stereocenters. The summed E-state index contributed by atoms with van der Waals surface area (Å²) in [6.07, 6.45) is -2.22. The van der Waals surface area contributed by atoms with Crippen molar-refractivity contribution in [1.29, 1.82) is 0 Å². The van der Waals surface area contributed by atoms with Crippen molar-refractivity contribution in [3.05, 3.63) is 29.8 Å². The number of anilines is 1. The zero-order valence-corrected chi connectivity index (χ0v) is 17.5. The lowest BCUT2D eigenvalue weighted by atomic mass is 10.0. The van der Waals surface area contributed by atoms with E-state index in [0.29, 0.717) is 0 Å². The van der Waals surface area contributed by atoms with E-state index in [-0.39, 0.29) is 11.3 Å². The molecule has 0 saturated carbocycles. The van der Waals surface area contributed by atoms with Crippen LogP contribution in [0.15, 0.2) is 24.3 Å². The standard InChI is InChI=1S/C20H28N2O7/c1-19(2,3)28-17(26)21-13-10-8-7-9-12(13)15(23)11-14(16(24)25)22-18(27)29-20(4,5)6/h7-10,14H,11H2,1-6H3,(H,21,26)(H,22,27)(H,24,25). The van der Waals surface area contributed by atoms with E-state index in [9.17, 15) is 24.3 Å². The van der Waals surface area contributed by atoms with Crippen LogP contribution in [0, 0.1) is 0 Å². The van der Waals surface area contributed by atoms with Crippen molar-refractivity contribution in [2.75, 3.05) is 5.32 Å². The molecule has 1 aromatic carbocycles. The minimum atomic E-state index is -1.49. The average Bonchev–Trinajstić information content (AvgIpc) is 2.50. The first-order valence-corrected chi connectivity index (χ1v) is 9.02. The molecule has 0 fully saturated rings. The molecule has 29 heavy (non-hydrogen) atoms. The third-order valence-corrected chi connectivity index (χ3v) is 3.24. The van der Waals surface area contributed by atoms with E-state index >= 15 is 0 Å². The molecule has 9 nitrogen and oxygen atoms in total. The van der Waals surface area contributed by atoms with E-state index < -0.39 is 47.6 Å². The lowest BCUT2D eigenvalue weighted by Crippen LogP contribution is -2.44. The molecule has 0 aliphatic rings. The van der Waals surface area contributed by atoms with Gasteiger partial charge in [0.15, 0.2) is 5.78 Å². The monoisotopic (exact) mass is 408 g/mol. The number of aliphatic carboxylic acids is 1. The third-order valence-electron chi connectivity index (χ3n) is 3.24. The average molecular weight is 408 g/mol. The molecule has 0 saturated heterocycles. The molecular formula is C20H28N2O7. The summed E-state index contributed by atoms with van der Waals surface area (Å²) >= 11 is 0. The molecule has 0 radical (unpaired) electrons.